The van der Waals surface area contributed by atoms with E-state index in [0.717, 1.165) is 6.54 Å². The normalized spacial score (nSPS) is 20.4. The third-order valence-corrected chi connectivity index (χ3v) is 4.33. The first-order valence-corrected chi connectivity index (χ1v) is 8.01. The predicted octanol–water partition coefficient (Wildman–Crippen LogP) is -1.18. The van der Waals surface area contributed by atoms with Crippen molar-refractivity contribution in [2.24, 2.45) is 0 Å². The number of ether oxygens (including phenoxy) is 1. The van der Waals surface area contributed by atoms with E-state index in [9.17, 15) is 13.2 Å². The molecule has 0 bridgehead atoms. The molecular formula is C11H23N2O4S+. The minimum Gasteiger partial charge on any atom is -0.444 e. The van der Waals surface area contributed by atoms with Crippen LogP contribution >= 0.6 is 0 Å². The summed E-state index contributed by atoms with van der Waals surface area (Å²) in [5.41, 5.74) is -0.490. The molecule has 0 spiro atoms. The lowest BCUT2D eigenvalue weighted by Crippen LogP contribution is -3.15. The van der Waals surface area contributed by atoms with Crippen molar-refractivity contribution in [1.29, 1.82) is 0 Å². The fraction of sp³-hybridized carbons (Fsp3) is 0.909. The highest BCUT2D eigenvalue weighted by Gasteiger charge is 2.24. The van der Waals surface area contributed by atoms with Crippen molar-refractivity contribution in [3.05, 3.63) is 0 Å². The van der Waals surface area contributed by atoms with Crippen LogP contribution in [0.2, 0.25) is 0 Å². The third-order valence-electron chi connectivity index (χ3n) is 2.68. The number of alkyl carbamates (subject to hydrolysis) is 1. The van der Waals surface area contributed by atoms with Gasteiger partial charge in [-0.3, -0.25) is 0 Å². The van der Waals surface area contributed by atoms with Crippen LogP contribution in [0.5, 0.6) is 0 Å². The summed E-state index contributed by atoms with van der Waals surface area (Å²) in [7, 11) is -2.81. The van der Waals surface area contributed by atoms with E-state index >= 15 is 0 Å². The molecule has 0 atom stereocenters. The van der Waals surface area contributed by atoms with Crippen molar-refractivity contribution in [2.75, 3.05) is 37.7 Å². The summed E-state index contributed by atoms with van der Waals surface area (Å²) in [5, 5.41) is 2.68. The molecule has 0 saturated carbocycles. The summed E-state index contributed by atoms with van der Waals surface area (Å²) in [4.78, 5) is 12.6. The van der Waals surface area contributed by atoms with E-state index in [-0.39, 0.29) is 11.5 Å². The third kappa shape index (κ3) is 6.20. The maximum Gasteiger partial charge on any atom is 0.407 e. The summed E-state index contributed by atoms with van der Waals surface area (Å²) < 4.78 is 27.6. The topological polar surface area (TPSA) is 76.9 Å². The fourth-order valence-electron chi connectivity index (χ4n) is 1.73. The van der Waals surface area contributed by atoms with Gasteiger partial charge in [0.1, 0.15) is 5.60 Å². The van der Waals surface area contributed by atoms with Gasteiger partial charge in [0, 0.05) is 0 Å². The van der Waals surface area contributed by atoms with Crippen LogP contribution in [-0.4, -0.2) is 57.8 Å². The van der Waals surface area contributed by atoms with E-state index in [1.165, 1.54) is 4.90 Å². The Morgan fingerprint density at radius 1 is 1.28 bits per heavy atom. The highest BCUT2D eigenvalue weighted by Crippen LogP contribution is 2.05. The zero-order chi connectivity index (χ0) is 13.8. The minimum absolute atomic E-state index is 0.245. The Bertz CT molecular complexity index is 372. The molecule has 1 amide bonds. The number of quaternary nitrogens is 1. The molecule has 1 heterocycles. The van der Waals surface area contributed by atoms with Crippen LogP contribution in [-0.2, 0) is 14.6 Å². The lowest BCUT2D eigenvalue weighted by Gasteiger charge is -2.24. The number of rotatable bonds is 3. The van der Waals surface area contributed by atoms with Crippen molar-refractivity contribution in [2.45, 2.75) is 26.4 Å². The molecule has 7 heteroatoms. The molecule has 6 nitrogen and oxygen atoms in total. The zero-order valence-corrected chi connectivity index (χ0v) is 12.1. The predicted molar refractivity (Wildman–Crippen MR) is 68.5 cm³/mol. The fourth-order valence-corrected chi connectivity index (χ4v) is 3.14. The Kier molecular flexibility index (Phi) is 4.98. The molecule has 0 aliphatic carbocycles. The Morgan fingerprint density at radius 3 is 2.33 bits per heavy atom. The average molecular weight is 279 g/mol. The van der Waals surface area contributed by atoms with Crippen molar-refractivity contribution in [3.63, 3.8) is 0 Å². The summed E-state index contributed by atoms with van der Waals surface area (Å²) in [6.45, 7) is 7.92. The highest BCUT2D eigenvalue weighted by molar-refractivity contribution is 7.91. The molecule has 1 fully saturated rings. The van der Waals surface area contributed by atoms with Gasteiger partial charge in [-0.1, -0.05) is 0 Å². The second-order valence-corrected chi connectivity index (χ2v) is 7.88. The summed E-state index contributed by atoms with van der Waals surface area (Å²) in [6, 6.07) is 0. The molecule has 2 N–H and O–H groups in total. The van der Waals surface area contributed by atoms with Gasteiger partial charge in [-0.25, -0.2) is 13.2 Å². The van der Waals surface area contributed by atoms with Crippen molar-refractivity contribution in [3.8, 4) is 0 Å². The first-order valence-electron chi connectivity index (χ1n) is 6.19. The van der Waals surface area contributed by atoms with E-state index in [2.05, 4.69) is 5.32 Å². The van der Waals surface area contributed by atoms with Crippen LogP contribution in [0, 0.1) is 0 Å². The summed E-state index contributed by atoms with van der Waals surface area (Å²) >= 11 is 0. The molecule has 0 aromatic heterocycles. The maximum atomic E-state index is 11.4. The van der Waals surface area contributed by atoms with Gasteiger partial charge in [-0.15, -0.1) is 0 Å². The van der Waals surface area contributed by atoms with Crippen LogP contribution < -0.4 is 10.2 Å². The number of amides is 1. The monoisotopic (exact) mass is 279 g/mol. The second-order valence-electron chi connectivity index (χ2n) is 5.58. The largest absolute Gasteiger partial charge is 0.444 e. The number of hydrogen-bond acceptors (Lipinski definition) is 4. The first kappa shape index (κ1) is 15.2. The van der Waals surface area contributed by atoms with Crippen LogP contribution in [0.15, 0.2) is 0 Å². The standard InChI is InChI=1S/C11H22N2O4S/c1-11(2,3)17-10(14)12-4-5-13-6-8-18(15,16)9-7-13/h4-9H2,1-3H3,(H,12,14)/p+1. The van der Waals surface area contributed by atoms with E-state index in [4.69, 9.17) is 4.74 Å². The molecule has 1 aliphatic rings. The van der Waals surface area contributed by atoms with Crippen LogP contribution in [0.25, 0.3) is 0 Å². The van der Waals surface area contributed by atoms with Crippen LogP contribution in [0.3, 0.4) is 0 Å². The Balaban J connectivity index is 2.17. The van der Waals surface area contributed by atoms with Gasteiger partial charge in [0.2, 0.25) is 0 Å². The summed E-state index contributed by atoms with van der Waals surface area (Å²) in [5.74, 6) is 0.490. The molecule has 1 rings (SSSR count). The zero-order valence-electron chi connectivity index (χ0n) is 11.3. The number of hydrogen-bond donors (Lipinski definition) is 2. The van der Waals surface area contributed by atoms with Crippen molar-refractivity contribution >= 4 is 15.9 Å². The first-order chi connectivity index (χ1) is 8.18. The van der Waals surface area contributed by atoms with Crippen molar-refractivity contribution in [1.82, 2.24) is 5.32 Å². The lowest BCUT2D eigenvalue weighted by atomic mass is 10.2. The quantitative estimate of drug-likeness (QED) is 0.682. The lowest BCUT2D eigenvalue weighted by molar-refractivity contribution is -0.895. The number of carbonyl (C=O) groups excluding carboxylic acids is 1. The second kappa shape index (κ2) is 5.88. The number of nitrogens with one attached hydrogen (secondary N) is 2. The average Bonchev–Trinajstić information content (AvgIpc) is 2.18. The van der Waals surface area contributed by atoms with Gasteiger partial charge in [0.25, 0.3) is 0 Å². The van der Waals surface area contributed by atoms with Gasteiger partial charge < -0.3 is 15.0 Å². The molecule has 1 saturated heterocycles. The molecule has 0 radical (unpaired) electrons. The van der Waals surface area contributed by atoms with Crippen molar-refractivity contribution < 1.29 is 22.8 Å². The molecule has 0 aromatic rings. The van der Waals surface area contributed by atoms with Gasteiger partial charge in [0.15, 0.2) is 9.84 Å². The molecule has 0 aromatic carbocycles. The molecule has 1 aliphatic heterocycles. The number of sulfone groups is 1. The Hall–Kier alpha value is -0.820. The van der Waals surface area contributed by atoms with E-state index in [0.29, 0.717) is 19.6 Å². The van der Waals surface area contributed by atoms with Crippen LogP contribution in [0.4, 0.5) is 4.79 Å². The van der Waals surface area contributed by atoms with Gasteiger partial charge in [-0.2, -0.15) is 0 Å². The van der Waals surface area contributed by atoms with E-state index in [1.54, 1.807) is 0 Å². The Labute approximate surface area is 109 Å². The minimum atomic E-state index is -2.81. The smallest absolute Gasteiger partial charge is 0.407 e. The molecular weight excluding hydrogens is 256 g/mol. The van der Waals surface area contributed by atoms with Gasteiger partial charge in [0.05, 0.1) is 37.7 Å². The summed E-state index contributed by atoms with van der Waals surface area (Å²) in [6.07, 6.45) is -0.425. The number of carbonyl (C=O) groups is 1. The van der Waals surface area contributed by atoms with Gasteiger partial charge >= 0.3 is 6.09 Å². The van der Waals surface area contributed by atoms with Crippen LogP contribution in [0.1, 0.15) is 20.8 Å². The maximum absolute atomic E-state index is 11.4. The molecule has 106 valence electrons. The van der Waals surface area contributed by atoms with E-state index < -0.39 is 21.5 Å². The van der Waals surface area contributed by atoms with Gasteiger partial charge in [-0.05, 0) is 20.8 Å². The van der Waals surface area contributed by atoms with E-state index in [1.807, 2.05) is 20.8 Å². The Morgan fingerprint density at radius 2 is 1.83 bits per heavy atom. The highest BCUT2D eigenvalue weighted by atomic mass is 32.2. The SMILES string of the molecule is CC(C)(C)OC(=O)NCC[NH+]1CCS(=O)(=O)CC1. The molecule has 0 unspecified atom stereocenters. The molecule has 18 heavy (non-hydrogen) atoms.